The SMILES string of the molecule is C=C(Nc1cc2cc(-c3cnc(C)n3C)ccc2cn1)C1CCN(C2CC2)C1. The van der Waals surface area contributed by atoms with E-state index in [1.807, 2.05) is 19.3 Å². The number of hydrogen-bond acceptors (Lipinski definition) is 4. The van der Waals surface area contributed by atoms with Crippen LogP contribution in [0.1, 0.15) is 25.1 Å². The number of imidazole rings is 1. The van der Waals surface area contributed by atoms with Gasteiger partial charge in [-0.25, -0.2) is 9.97 Å². The van der Waals surface area contributed by atoms with E-state index in [9.17, 15) is 0 Å². The number of pyridine rings is 1. The van der Waals surface area contributed by atoms with Crippen LogP contribution in [0.2, 0.25) is 0 Å². The van der Waals surface area contributed by atoms with Crippen molar-refractivity contribution in [2.45, 2.75) is 32.2 Å². The lowest BCUT2D eigenvalue weighted by atomic mass is 10.1. The van der Waals surface area contributed by atoms with E-state index in [0.29, 0.717) is 5.92 Å². The number of likely N-dealkylation sites (tertiary alicyclic amines) is 1. The molecule has 2 aromatic heterocycles. The van der Waals surface area contributed by atoms with E-state index in [4.69, 9.17) is 0 Å². The Bertz CT molecular complexity index is 1050. The van der Waals surface area contributed by atoms with Crippen molar-refractivity contribution >= 4 is 16.6 Å². The summed E-state index contributed by atoms with van der Waals surface area (Å²) in [6, 6.07) is 9.44. The highest BCUT2D eigenvalue weighted by atomic mass is 15.2. The molecule has 1 saturated carbocycles. The lowest BCUT2D eigenvalue weighted by Crippen LogP contribution is -2.24. The Hall–Kier alpha value is -2.66. The number of rotatable bonds is 5. The van der Waals surface area contributed by atoms with Gasteiger partial charge in [0.15, 0.2) is 0 Å². The van der Waals surface area contributed by atoms with Crippen molar-refractivity contribution in [1.82, 2.24) is 19.4 Å². The molecule has 1 atom stereocenters. The van der Waals surface area contributed by atoms with Crippen LogP contribution in [-0.2, 0) is 7.05 Å². The first-order valence-electron chi connectivity index (χ1n) is 10.2. The van der Waals surface area contributed by atoms with Gasteiger partial charge in [0.25, 0.3) is 0 Å². The second kappa shape index (κ2) is 6.74. The van der Waals surface area contributed by atoms with Gasteiger partial charge in [0.1, 0.15) is 11.6 Å². The topological polar surface area (TPSA) is 46.0 Å². The molecule has 0 bridgehead atoms. The number of fused-ring (bicyclic) bond motifs is 1. The standard InChI is InChI=1S/C23H27N5/c1-15(19-8-9-28(14-19)21-6-7-21)26-23-11-20-10-17(4-5-18(20)12-25-23)22-13-24-16(2)27(22)3/h4-5,10-13,19,21H,1,6-9,14H2,2-3H3,(H,25,26). The van der Waals surface area contributed by atoms with Crippen LogP contribution in [0.3, 0.4) is 0 Å². The maximum Gasteiger partial charge on any atom is 0.130 e. The third-order valence-corrected chi connectivity index (χ3v) is 6.30. The summed E-state index contributed by atoms with van der Waals surface area (Å²) in [6.45, 7) is 8.68. The second-order valence-corrected chi connectivity index (χ2v) is 8.24. The average molecular weight is 374 g/mol. The summed E-state index contributed by atoms with van der Waals surface area (Å²) in [7, 11) is 2.05. The Kier molecular flexibility index (Phi) is 4.20. The zero-order valence-electron chi connectivity index (χ0n) is 16.7. The van der Waals surface area contributed by atoms with Gasteiger partial charge in [0, 0.05) is 48.4 Å². The molecular formula is C23H27N5. The predicted molar refractivity (Wildman–Crippen MR) is 114 cm³/mol. The van der Waals surface area contributed by atoms with Crippen molar-refractivity contribution in [2.75, 3.05) is 18.4 Å². The van der Waals surface area contributed by atoms with Crippen molar-refractivity contribution in [1.29, 1.82) is 0 Å². The molecule has 1 aromatic carbocycles. The molecule has 0 spiro atoms. The molecule has 3 aromatic rings. The summed E-state index contributed by atoms with van der Waals surface area (Å²) in [6.07, 6.45) is 7.81. The fourth-order valence-corrected chi connectivity index (χ4v) is 4.25. The van der Waals surface area contributed by atoms with Crippen LogP contribution < -0.4 is 5.32 Å². The molecule has 1 N–H and O–H groups in total. The molecule has 1 aliphatic carbocycles. The minimum Gasteiger partial charge on any atom is -0.344 e. The number of nitrogens with one attached hydrogen (secondary N) is 1. The third-order valence-electron chi connectivity index (χ3n) is 6.30. The van der Waals surface area contributed by atoms with Crippen molar-refractivity contribution in [3.8, 4) is 11.3 Å². The van der Waals surface area contributed by atoms with Gasteiger partial charge in [-0.1, -0.05) is 18.7 Å². The third kappa shape index (κ3) is 3.20. The molecule has 144 valence electrons. The Balaban J connectivity index is 1.36. The van der Waals surface area contributed by atoms with Gasteiger partial charge in [0.2, 0.25) is 0 Å². The van der Waals surface area contributed by atoms with E-state index in [1.165, 1.54) is 36.8 Å². The summed E-state index contributed by atoms with van der Waals surface area (Å²) >= 11 is 0. The van der Waals surface area contributed by atoms with Crippen LogP contribution in [0.25, 0.3) is 22.0 Å². The van der Waals surface area contributed by atoms with Crippen LogP contribution in [-0.4, -0.2) is 38.6 Å². The van der Waals surface area contributed by atoms with Gasteiger partial charge in [0.05, 0.1) is 11.9 Å². The van der Waals surface area contributed by atoms with E-state index in [0.717, 1.165) is 41.0 Å². The van der Waals surface area contributed by atoms with Crippen molar-refractivity contribution < 1.29 is 0 Å². The Morgan fingerprint density at radius 2 is 1.96 bits per heavy atom. The first-order valence-corrected chi connectivity index (χ1v) is 10.2. The molecule has 5 heteroatoms. The van der Waals surface area contributed by atoms with E-state index < -0.39 is 0 Å². The highest BCUT2D eigenvalue weighted by molar-refractivity contribution is 5.88. The number of benzene rings is 1. The second-order valence-electron chi connectivity index (χ2n) is 8.24. The predicted octanol–water partition coefficient (Wildman–Crippen LogP) is 4.35. The van der Waals surface area contributed by atoms with Crippen LogP contribution in [0, 0.1) is 12.8 Å². The first-order chi connectivity index (χ1) is 13.6. The Morgan fingerprint density at radius 1 is 1.11 bits per heavy atom. The summed E-state index contributed by atoms with van der Waals surface area (Å²) in [5.41, 5.74) is 3.39. The Morgan fingerprint density at radius 3 is 2.71 bits per heavy atom. The fraction of sp³-hybridized carbons (Fsp3) is 0.391. The molecule has 3 heterocycles. The lowest BCUT2D eigenvalue weighted by Gasteiger charge is -2.17. The molecule has 2 aliphatic rings. The van der Waals surface area contributed by atoms with Crippen LogP contribution in [0.15, 0.2) is 48.9 Å². The molecule has 5 rings (SSSR count). The van der Waals surface area contributed by atoms with Gasteiger partial charge in [-0.15, -0.1) is 0 Å². The molecule has 0 radical (unpaired) electrons. The summed E-state index contributed by atoms with van der Waals surface area (Å²) in [5, 5.41) is 5.79. The summed E-state index contributed by atoms with van der Waals surface area (Å²) in [5.74, 6) is 2.41. The van der Waals surface area contributed by atoms with Crippen molar-refractivity contribution in [3.63, 3.8) is 0 Å². The molecule has 1 saturated heterocycles. The quantitative estimate of drug-likeness (QED) is 0.722. The molecule has 1 aliphatic heterocycles. The number of nitrogens with zero attached hydrogens (tertiary/aromatic N) is 4. The van der Waals surface area contributed by atoms with Gasteiger partial charge in [-0.2, -0.15) is 0 Å². The number of aryl methyl sites for hydroxylation is 1. The summed E-state index contributed by atoms with van der Waals surface area (Å²) in [4.78, 5) is 11.6. The highest BCUT2D eigenvalue weighted by Gasteiger charge is 2.35. The van der Waals surface area contributed by atoms with Gasteiger partial charge < -0.3 is 9.88 Å². The first kappa shape index (κ1) is 17.4. The van der Waals surface area contributed by atoms with E-state index in [2.05, 4.69) is 62.6 Å². The fourth-order valence-electron chi connectivity index (χ4n) is 4.25. The molecule has 28 heavy (non-hydrogen) atoms. The smallest absolute Gasteiger partial charge is 0.130 e. The van der Waals surface area contributed by atoms with Gasteiger partial charge in [-0.3, -0.25) is 4.90 Å². The molecule has 5 nitrogen and oxygen atoms in total. The van der Waals surface area contributed by atoms with Crippen LogP contribution in [0.4, 0.5) is 5.82 Å². The number of anilines is 1. The van der Waals surface area contributed by atoms with Crippen molar-refractivity contribution in [3.05, 3.63) is 54.8 Å². The highest BCUT2D eigenvalue weighted by Crippen LogP contribution is 2.34. The van der Waals surface area contributed by atoms with Gasteiger partial charge in [-0.05, 0) is 50.2 Å². The van der Waals surface area contributed by atoms with Crippen LogP contribution in [0.5, 0.6) is 0 Å². The van der Waals surface area contributed by atoms with E-state index in [-0.39, 0.29) is 0 Å². The molecular weight excluding hydrogens is 346 g/mol. The molecule has 1 unspecified atom stereocenters. The average Bonchev–Trinajstić information content (AvgIpc) is 3.33. The van der Waals surface area contributed by atoms with E-state index in [1.54, 1.807) is 0 Å². The summed E-state index contributed by atoms with van der Waals surface area (Å²) < 4.78 is 2.12. The van der Waals surface area contributed by atoms with E-state index >= 15 is 0 Å². The number of hydrogen-bond donors (Lipinski definition) is 1. The maximum atomic E-state index is 4.61. The zero-order valence-corrected chi connectivity index (χ0v) is 16.7. The monoisotopic (exact) mass is 373 g/mol. The number of aromatic nitrogens is 3. The minimum absolute atomic E-state index is 0.516. The normalized spacial score (nSPS) is 20.0. The minimum atomic E-state index is 0.516. The molecule has 2 fully saturated rings. The molecule has 0 amide bonds. The van der Waals surface area contributed by atoms with Gasteiger partial charge >= 0.3 is 0 Å². The van der Waals surface area contributed by atoms with Crippen molar-refractivity contribution in [2.24, 2.45) is 13.0 Å². The largest absolute Gasteiger partial charge is 0.344 e. The Labute approximate surface area is 166 Å². The zero-order chi connectivity index (χ0) is 19.3. The maximum absolute atomic E-state index is 4.61. The van der Waals surface area contributed by atoms with Crippen LogP contribution >= 0.6 is 0 Å². The lowest BCUT2D eigenvalue weighted by molar-refractivity contribution is 0.320.